The van der Waals surface area contributed by atoms with Crippen LogP contribution in [-0.4, -0.2) is 218 Å². The van der Waals surface area contributed by atoms with Crippen LogP contribution in [-0.2, 0) is 102 Å². The summed E-state index contributed by atoms with van der Waals surface area (Å²) in [5.74, 6) is -3.61. The minimum absolute atomic E-state index is 0.00553. The molecule has 682 valence electrons. The maximum atomic E-state index is 12.7. The van der Waals surface area contributed by atoms with Crippen LogP contribution in [0.4, 0.5) is 0 Å². The SMILES string of the molecule is CC(=O)C[C@@H](CCC(=O)C(C)C)C(=O)O.CC(=O)N[C@@H](CCC(=O)CCCOCCC(=O)C(C)C)C(=O)O.CC(=O)N[C@@H](CCC(=O)NCCOCCOCC(=O)NCCOCCOCC(=O)C(C)C)C(=O)O.Cc1c(C)c2c(c(C)c1OCC(=O)N[C@@H](CCC(=O)C(C)C)C(=O)O)CC[C@@](C)(CCC[C@H](C)CCC[C@H](C)CCCC(C)C)O2. The summed E-state index contributed by atoms with van der Waals surface area (Å²) in [4.78, 5) is 171. The molecule has 0 radical (unpaired) electrons. The summed E-state index contributed by atoms with van der Waals surface area (Å²) in [6.45, 7) is 38.5. The number of nitrogens with one attached hydrogen (secondary N) is 5. The van der Waals surface area contributed by atoms with E-state index in [0.29, 0.717) is 64.6 Å². The van der Waals surface area contributed by atoms with Crippen molar-refractivity contribution in [1.29, 1.82) is 0 Å². The average Bonchev–Trinajstić information content (AvgIpc) is 0.759. The van der Waals surface area contributed by atoms with Crippen LogP contribution in [0.25, 0.3) is 0 Å². The third-order valence-corrected chi connectivity index (χ3v) is 20.0. The molecule has 1 heterocycles. The van der Waals surface area contributed by atoms with Gasteiger partial charge in [0, 0.05) is 108 Å². The molecule has 0 saturated carbocycles. The van der Waals surface area contributed by atoms with Crippen molar-refractivity contribution in [3.05, 3.63) is 22.3 Å². The highest BCUT2D eigenvalue weighted by Crippen LogP contribution is 2.45. The van der Waals surface area contributed by atoms with E-state index >= 15 is 0 Å². The summed E-state index contributed by atoms with van der Waals surface area (Å²) in [7, 11) is 0. The van der Waals surface area contributed by atoms with Gasteiger partial charge >= 0.3 is 23.9 Å². The van der Waals surface area contributed by atoms with E-state index < -0.39 is 65.6 Å². The molecule has 9 N–H and O–H groups in total. The molecule has 1 aliphatic heterocycles. The van der Waals surface area contributed by atoms with Crippen molar-refractivity contribution in [2.24, 2.45) is 47.3 Å². The standard InChI is InChI=1S/C39H65NO6.C22H39N3O10.C16H27NO6.C11H18O4/c1-25(2)14-11-15-27(5)16-12-17-28(6)18-13-22-39(10)23-21-32-31(9)36(29(7)30(8)37(32)46-39)45-24-35(42)40-33(38(43)44)19-20-34(41)26(3)4;1-16(2)19(27)14-34-12-10-33-9-7-24-21(29)15-35-13-11-32-8-6-23-20(28)5-4-18(22(30)31)25-17(3)26;1-11(2)15(20)8-10-23-9-4-5-13(19)6-7-14(16(21)22)17-12(3)18;1-7(2)10(13)5-4-9(11(14)15)6-8(3)12/h25-28,33H,11-24H2,1-10H3,(H,40,42)(H,43,44);16,18H,4-15H2,1-3H3,(H,23,28)(H,24,29)(H,25,26)(H,30,31);11,14H,4-10H2,1-3H3,(H,17,18)(H,21,22);7,9H,4-6H2,1-3H3,(H,14,15)/t27-,28-,33+,39-;18-;14-;9-/m1001/s1. The van der Waals surface area contributed by atoms with E-state index in [1.54, 1.807) is 27.7 Å². The van der Waals surface area contributed by atoms with Crippen molar-refractivity contribution in [3.63, 3.8) is 0 Å². The monoisotopic (exact) mass is 1690 g/mol. The van der Waals surface area contributed by atoms with E-state index in [1.165, 1.54) is 65.7 Å². The molecule has 0 aliphatic carbocycles. The van der Waals surface area contributed by atoms with Crippen molar-refractivity contribution in [3.8, 4) is 11.5 Å². The highest BCUT2D eigenvalue weighted by Gasteiger charge is 2.35. The van der Waals surface area contributed by atoms with E-state index in [4.69, 9.17) is 48.5 Å². The van der Waals surface area contributed by atoms with Gasteiger partial charge in [-0.3, -0.25) is 52.7 Å². The van der Waals surface area contributed by atoms with Crippen LogP contribution in [0.15, 0.2) is 0 Å². The fourth-order valence-corrected chi connectivity index (χ4v) is 12.2. The number of amides is 5. The molecule has 1 aromatic carbocycles. The van der Waals surface area contributed by atoms with Crippen LogP contribution in [0.3, 0.4) is 0 Å². The van der Waals surface area contributed by atoms with Crippen LogP contribution < -0.4 is 36.1 Å². The van der Waals surface area contributed by atoms with Crippen molar-refractivity contribution >= 4 is 88.1 Å². The number of hydrogen-bond donors (Lipinski definition) is 9. The Morgan fingerprint density at radius 1 is 0.412 bits per heavy atom. The predicted octanol–water partition coefficient (Wildman–Crippen LogP) is 11.0. The summed E-state index contributed by atoms with van der Waals surface area (Å²) in [6, 6.07) is -3.27. The van der Waals surface area contributed by atoms with Crippen LogP contribution >= 0.6 is 0 Å². The molecule has 0 fully saturated rings. The number of hydrogen-bond acceptors (Lipinski definition) is 22. The molecule has 0 spiro atoms. The normalized spacial score (nSPS) is 14.3. The first-order valence-corrected chi connectivity index (χ1v) is 42.5. The number of carbonyl (C=O) groups is 15. The molecule has 1 aliphatic rings. The number of ether oxygens (including phenoxy) is 7. The van der Waals surface area contributed by atoms with Gasteiger partial charge in [-0.05, 0) is 127 Å². The number of fused-ring (bicyclic) bond motifs is 1. The summed E-state index contributed by atoms with van der Waals surface area (Å²) < 4.78 is 39.0. The van der Waals surface area contributed by atoms with Gasteiger partial charge in [-0.25, -0.2) is 14.4 Å². The third kappa shape index (κ3) is 56.9. The first-order chi connectivity index (χ1) is 55.7. The Hall–Kier alpha value is -8.13. The number of Topliss-reactive ketones (excluding diaryl/α,β-unsaturated/α-hetero) is 6. The molecule has 31 heteroatoms. The zero-order valence-corrected chi connectivity index (χ0v) is 75.1. The first kappa shape index (κ1) is 113. The zero-order valence-electron chi connectivity index (χ0n) is 75.1. The van der Waals surface area contributed by atoms with Crippen molar-refractivity contribution < 1.29 is 126 Å². The Labute approximate surface area is 707 Å². The minimum Gasteiger partial charge on any atom is -0.487 e. The summed E-state index contributed by atoms with van der Waals surface area (Å²) >= 11 is 0. The molecule has 1 aromatic rings. The minimum atomic E-state index is -1.20. The second kappa shape index (κ2) is 64.7. The third-order valence-electron chi connectivity index (χ3n) is 20.0. The van der Waals surface area contributed by atoms with Gasteiger partial charge in [0.15, 0.2) is 12.4 Å². The lowest BCUT2D eigenvalue weighted by atomic mass is 9.83. The van der Waals surface area contributed by atoms with Crippen LogP contribution in [0.5, 0.6) is 11.5 Å². The number of rotatable bonds is 63. The Bertz CT molecular complexity index is 3280. The number of carbonyl (C=O) groups excluding carboxylic acids is 11. The van der Waals surface area contributed by atoms with E-state index in [9.17, 15) is 77.0 Å². The maximum absolute atomic E-state index is 12.7. The number of ketones is 6. The second-order valence-electron chi connectivity index (χ2n) is 33.0. The molecule has 0 bridgehead atoms. The van der Waals surface area contributed by atoms with Crippen molar-refractivity contribution in [2.75, 3.05) is 85.8 Å². The number of carboxylic acids is 4. The van der Waals surface area contributed by atoms with Gasteiger partial charge in [0.1, 0.15) is 77.4 Å². The van der Waals surface area contributed by atoms with E-state index in [2.05, 4.69) is 61.2 Å². The van der Waals surface area contributed by atoms with Crippen LogP contribution in [0.2, 0.25) is 0 Å². The molecule has 0 saturated heterocycles. The Balaban J connectivity index is 0. The van der Waals surface area contributed by atoms with Gasteiger partial charge in [0.05, 0.1) is 52.2 Å². The van der Waals surface area contributed by atoms with Crippen molar-refractivity contribution in [2.45, 2.75) is 303 Å². The molecule has 0 unspecified atom stereocenters. The lowest BCUT2D eigenvalue weighted by molar-refractivity contribution is -0.144. The molecule has 0 aromatic heterocycles. The zero-order chi connectivity index (χ0) is 90.9. The summed E-state index contributed by atoms with van der Waals surface area (Å²) in [6.07, 6.45) is 15.3. The Kier molecular flexibility index (Phi) is 61.4. The second-order valence-corrected chi connectivity index (χ2v) is 33.0. The lowest BCUT2D eigenvalue weighted by Crippen LogP contribution is -2.43. The molecule has 7 atom stereocenters. The average molecular weight is 1690 g/mol. The van der Waals surface area contributed by atoms with Gasteiger partial charge in [-0.15, -0.1) is 0 Å². The van der Waals surface area contributed by atoms with Gasteiger partial charge < -0.3 is 85.0 Å². The number of carboxylic acid groups (broad SMARTS) is 4. The Morgan fingerprint density at radius 3 is 1.34 bits per heavy atom. The lowest BCUT2D eigenvalue weighted by Gasteiger charge is -2.38. The molecule has 2 rings (SSSR count). The predicted molar refractivity (Wildman–Crippen MR) is 450 cm³/mol. The molecule has 5 amide bonds. The fourth-order valence-electron chi connectivity index (χ4n) is 12.2. The van der Waals surface area contributed by atoms with Crippen LogP contribution in [0, 0.1) is 68.1 Å². The molecule has 119 heavy (non-hydrogen) atoms. The summed E-state index contributed by atoms with van der Waals surface area (Å²) in [5.41, 5.74) is 3.85. The Morgan fingerprint density at radius 2 is 0.857 bits per heavy atom. The summed E-state index contributed by atoms with van der Waals surface area (Å²) in [5, 5.41) is 48.6. The van der Waals surface area contributed by atoms with Gasteiger partial charge in [0.2, 0.25) is 23.6 Å². The van der Waals surface area contributed by atoms with Gasteiger partial charge in [-0.2, -0.15) is 0 Å². The molecular formula is C88H149N5O26. The number of aliphatic carboxylic acids is 4. The fraction of sp³-hybridized carbons (Fsp3) is 0.761. The van der Waals surface area contributed by atoms with Gasteiger partial charge in [-0.1, -0.05) is 128 Å². The molecular weight excluding hydrogens is 1540 g/mol. The first-order valence-electron chi connectivity index (χ1n) is 42.5. The largest absolute Gasteiger partial charge is 0.487 e. The highest BCUT2D eigenvalue weighted by molar-refractivity contribution is 5.88. The van der Waals surface area contributed by atoms with Crippen molar-refractivity contribution in [1.82, 2.24) is 26.6 Å². The highest BCUT2D eigenvalue weighted by atomic mass is 16.5. The maximum Gasteiger partial charge on any atom is 0.326 e. The molecule has 31 nitrogen and oxygen atoms in total. The van der Waals surface area contributed by atoms with Gasteiger partial charge in [0.25, 0.3) is 5.91 Å². The van der Waals surface area contributed by atoms with E-state index in [-0.39, 0.29) is 180 Å². The van der Waals surface area contributed by atoms with E-state index in [1.807, 2.05) is 48.5 Å². The van der Waals surface area contributed by atoms with Crippen LogP contribution in [0.1, 0.15) is 274 Å². The topological polar surface area (TPSA) is 462 Å². The van der Waals surface area contributed by atoms with E-state index in [0.717, 1.165) is 71.4 Å². The smallest absolute Gasteiger partial charge is 0.326 e. The quantitative estimate of drug-likeness (QED) is 0.0274. The number of benzene rings is 1.